The molecule has 0 bridgehead atoms. The van der Waals surface area contributed by atoms with E-state index in [-0.39, 0.29) is 5.75 Å². The number of hydrogen-bond acceptors (Lipinski definition) is 2. The largest absolute Gasteiger partial charge is 0.573 e. The molecule has 0 saturated carbocycles. The molecule has 0 aliphatic carbocycles. The van der Waals surface area contributed by atoms with Crippen LogP contribution < -0.4 is 9.64 Å². The summed E-state index contributed by atoms with van der Waals surface area (Å²) in [5.41, 5.74) is 0.820. The zero-order valence-electron chi connectivity index (χ0n) is 8.82. The van der Waals surface area contributed by atoms with Gasteiger partial charge >= 0.3 is 6.36 Å². The molecule has 1 aliphatic rings. The summed E-state index contributed by atoms with van der Waals surface area (Å²) < 4.78 is 39.6. The van der Waals surface area contributed by atoms with Crippen molar-refractivity contribution in [3.05, 3.63) is 48.7 Å². The van der Waals surface area contributed by atoms with Gasteiger partial charge in [0.25, 0.3) is 0 Å². The minimum atomic E-state index is -4.64. The molecule has 0 radical (unpaired) electrons. The Morgan fingerprint density at radius 2 is 1.76 bits per heavy atom. The summed E-state index contributed by atoms with van der Waals surface area (Å²) in [6, 6.07) is 5.78. The summed E-state index contributed by atoms with van der Waals surface area (Å²) in [7, 11) is 0. The monoisotopic (exact) mass is 241 g/mol. The first kappa shape index (κ1) is 11.6. The standard InChI is InChI=1S/C12H10F3NO/c13-12(14,15)17-11-6-4-10(5-7-11)16-8-2-1-3-9-16/h1-8H,9H2. The van der Waals surface area contributed by atoms with Crippen molar-refractivity contribution in [2.75, 3.05) is 11.4 Å². The van der Waals surface area contributed by atoms with Gasteiger partial charge in [0.1, 0.15) is 5.75 Å². The second-order valence-electron chi connectivity index (χ2n) is 3.46. The zero-order valence-corrected chi connectivity index (χ0v) is 8.82. The van der Waals surface area contributed by atoms with E-state index < -0.39 is 6.36 Å². The van der Waals surface area contributed by atoms with E-state index in [9.17, 15) is 13.2 Å². The smallest absolute Gasteiger partial charge is 0.406 e. The van der Waals surface area contributed by atoms with Crippen molar-refractivity contribution in [1.82, 2.24) is 0 Å². The summed E-state index contributed by atoms with van der Waals surface area (Å²) in [4.78, 5) is 1.91. The van der Waals surface area contributed by atoms with Crippen molar-refractivity contribution >= 4 is 5.69 Å². The second-order valence-corrected chi connectivity index (χ2v) is 3.46. The number of benzene rings is 1. The number of rotatable bonds is 2. The Balaban J connectivity index is 2.08. The Hall–Kier alpha value is -1.91. The number of allylic oxidation sites excluding steroid dienone is 2. The van der Waals surface area contributed by atoms with Crippen LogP contribution in [0.1, 0.15) is 0 Å². The molecular formula is C12H10F3NO. The topological polar surface area (TPSA) is 12.5 Å². The molecule has 0 unspecified atom stereocenters. The Labute approximate surface area is 96.6 Å². The van der Waals surface area contributed by atoms with E-state index in [1.54, 1.807) is 12.1 Å². The molecule has 1 aromatic carbocycles. The average molecular weight is 241 g/mol. The quantitative estimate of drug-likeness (QED) is 0.786. The normalized spacial score (nSPS) is 15.1. The Morgan fingerprint density at radius 3 is 2.29 bits per heavy atom. The predicted octanol–water partition coefficient (Wildman–Crippen LogP) is 3.48. The molecule has 0 N–H and O–H groups in total. The summed E-state index contributed by atoms with van der Waals surface area (Å²) >= 11 is 0. The van der Waals surface area contributed by atoms with Gasteiger partial charge in [-0.2, -0.15) is 0 Å². The SMILES string of the molecule is FC(F)(F)Oc1ccc(N2C=CC=CC2)cc1. The lowest BCUT2D eigenvalue weighted by atomic mass is 10.2. The van der Waals surface area contributed by atoms with Gasteiger partial charge in [-0.05, 0) is 30.3 Å². The highest BCUT2D eigenvalue weighted by molar-refractivity contribution is 5.53. The van der Waals surface area contributed by atoms with Crippen LogP contribution in [-0.4, -0.2) is 12.9 Å². The van der Waals surface area contributed by atoms with Crippen LogP contribution in [0.25, 0.3) is 0 Å². The van der Waals surface area contributed by atoms with E-state index >= 15 is 0 Å². The van der Waals surface area contributed by atoms with Gasteiger partial charge in [0.2, 0.25) is 0 Å². The summed E-state index contributed by atoms with van der Waals surface area (Å²) in [5, 5.41) is 0. The second kappa shape index (κ2) is 4.53. The van der Waals surface area contributed by atoms with E-state index in [1.165, 1.54) is 12.1 Å². The molecule has 0 amide bonds. The fourth-order valence-corrected chi connectivity index (χ4v) is 1.50. The molecule has 0 aromatic heterocycles. The molecular weight excluding hydrogens is 231 g/mol. The van der Waals surface area contributed by atoms with Crippen molar-refractivity contribution in [3.63, 3.8) is 0 Å². The highest BCUT2D eigenvalue weighted by atomic mass is 19.4. The first-order chi connectivity index (χ1) is 8.04. The van der Waals surface area contributed by atoms with Crippen molar-refractivity contribution < 1.29 is 17.9 Å². The predicted molar refractivity (Wildman–Crippen MR) is 58.8 cm³/mol. The number of nitrogens with zero attached hydrogens (tertiary/aromatic N) is 1. The summed E-state index contributed by atoms with van der Waals surface area (Å²) in [5.74, 6) is -0.210. The highest BCUT2D eigenvalue weighted by Gasteiger charge is 2.30. The van der Waals surface area contributed by atoms with Gasteiger partial charge in [-0.1, -0.05) is 12.2 Å². The molecule has 1 aromatic rings. The third-order valence-corrected chi connectivity index (χ3v) is 2.22. The van der Waals surface area contributed by atoms with Crippen LogP contribution in [0.2, 0.25) is 0 Å². The molecule has 17 heavy (non-hydrogen) atoms. The van der Waals surface area contributed by atoms with E-state index in [0.717, 1.165) is 5.69 Å². The van der Waals surface area contributed by atoms with E-state index in [0.29, 0.717) is 6.54 Å². The van der Waals surface area contributed by atoms with Crippen LogP contribution in [0.5, 0.6) is 5.75 Å². The van der Waals surface area contributed by atoms with Crippen LogP contribution >= 0.6 is 0 Å². The molecule has 0 saturated heterocycles. The number of alkyl halides is 3. The maximum atomic E-state index is 11.9. The number of hydrogen-bond donors (Lipinski definition) is 0. The Bertz CT molecular complexity index is 434. The average Bonchev–Trinajstić information content (AvgIpc) is 2.29. The molecule has 0 atom stereocenters. The fraction of sp³-hybridized carbons (Fsp3) is 0.167. The van der Waals surface area contributed by atoms with Gasteiger partial charge in [0.15, 0.2) is 0 Å². The number of halogens is 3. The van der Waals surface area contributed by atoms with Gasteiger partial charge in [-0.15, -0.1) is 13.2 Å². The highest BCUT2D eigenvalue weighted by Crippen LogP contribution is 2.25. The van der Waals surface area contributed by atoms with Gasteiger partial charge in [0, 0.05) is 18.4 Å². The first-order valence-electron chi connectivity index (χ1n) is 5.00. The molecule has 2 nitrogen and oxygen atoms in total. The molecule has 1 aliphatic heterocycles. The maximum absolute atomic E-state index is 11.9. The lowest BCUT2D eigenvalue weighted by Gasteiger charge is -2.20. The molecule has 90 valence electrons. The van der Waals surface area contributed by atoms with Crippen LogP contribution in [-0.2, 0) is 0 Å². The van der Waals surface area contributed by atoms with Gasteiger partial charge in [-0.25, -0.2) is 0 Å². The Morgan fingerprint density at radius 1 is 1.06 bits per heavy atom. The van der Waals surface area contributed by atoms with Crippen molar-refractivity contribution in [2.24, 2.45) is 0 Å². The van der Waals surface area contributed by atoms with Crippen molar-refractivity contribution in [2.45, 2.75) is 6.36 Å². The van der Waals surface area contributed by atoms with Crippen LogP contribution in [0, 0.1) is 0 Å². The van der Waals surface area contributed by atoms with E-state index in [4.69, 9.17) is 0 Å². The van der Waals surface area contributed by atoms with Gasteiger partial charge in [-0.3, -0.25) is 0 Å². The molecule has 0 spiro atoms. The zero-order chi connectivity index (χ0) is 12.3. The first-order valence-corrected chi connectivity index (χ1v) is 5.00. The number of anilines is 1. The van der Waals surface area contributed by atoms with Crippen molar-refractivity contribution in [3.8, 4) is 5.75 Å². The summed E-state index contributed by atoms with van der Waals surface area (Å²) in [6.45, 7) is 0.704. The molecule has 1 heterocycles. The fourth-order valence-electron chi connectivity index (χ4n) is 1.50. The van der Waals surface area contributed by atoms with E-state index in [2.05, 4.69) is 4.74 Å². The number of ether oxygens (including phenoxy) is 1. The maximum Gasteiger partial charge on any atom is 0.573 e. The molecule has 2 rings (SSSR count). The van der Waals surface area contributed by atoms with Crippen LogP contribution in [0.4, 0.5) is 18.9 Å². The molecule has 5 heteroatoms. The minimum Gasteiger partial charge on any atom is -0.406 e. The lowest BCUT2D eigenvalue weighted by Crippen LogP contribution is -2.18. The Kier molecular flexibility index (Phi) is 3.08. The van der Waals surface area contributed by atoms with Crippen molar-refractivity contribution in [1.29, 1.82) is 0 Å². The van der Waals surface area contributed by atoms with Gasteiger partial charge in [0.05, 0.1) is 0 Å². The summed E-state index contributed by atoms with van der Waals surface area (Å²) in [6.07, 6.45) is 2.95. The third kappa shape index (κ3) is 3.27. The van der Waals surface area contributed by atoms with Crippen LogP contribution in [0.3, 0.4) is 0 Å². The minimum absolute atomic E-state index is 0.210. The molecule has 0 fully saturated rings. The van der Waals surface area contributed by atoms with Gasteiger partial charge < -0.3 is 9.64 Å². The van der Waals surface area contributed by atoms with Crippen LogP contribution in [0.15, 0.2) is 48.7 Å². The third-order valence-electron chi connectivity index (χ3n) is 2.22. The lowest BCUT2D eigenvalue weighted by molar-refractivity contribution is -0.274. The van der Waals surface area contributed by atoms with E-state index in [1.807, 2.05) is 29.3 Å².